The van der Waals surface area contributed by atoms with Crippen LogP contribution in [0.25, 0.3) is 10.9 Å². The molecule has 0 saturated heterocycles. The molecule has 0 atom stereocenters. The quantitative estimate of drug-likeness (QED) is 0.775. The number of nitrogens with one attached hydrogen (secondary N) is 1. The number of nitrogens with zero attached hydrogens (tertiary/aromatic N) is 4. The maximum atomic E-state index is 4.11. The summed E-state index contributed by atoms with van der Waals surface area (Å²) >= 11 is 0. The highest BCUT2D eigenvalue weighted by molar-refractivity contribution is 5.82. The molecule has 2 heterocycles. The van der Waals surface area contributed by atoms with Crippen LogP contribution in [0.1, 0.15) is 11.4 Å². The fourth-order valence-corrected chi connectivity index (χ4v) is 2.33. The average Bonchev–Trinajstić information content (AvgIpc) is 3.00. The summed E-state index contributed by atoms with van der Waals surface area (Å²) < 4.78 is 1.95. The summed E-state index contributed by atoms with van der Waals surface area (Å²) in [6, 6.07) is 8.48. The van der Waals surface area contributed by atoms with Gasteiger partial charge in [0.2, 0.25) is 0 Å². The van der Waals surface area contributed by atoms with E-state index in [4.69, 9.17) is 0 Å². The molecule has 0 bridgehead atoms. The van der Waals surface area contributed by atoms with Gasteiger partial charge in [0.25, 0.3) is 0 Å². The Kier molecular flexibility index (Phi) is 3.05. The van der Waals surface area contributed by atoms with Gasteiger partial charge in [0.15, 0.2) is 0 Å². The van der Waals surface area contributed by atoms with Gasteiger partial charge in [0, 0.05) is 30.7 Å². The molecule has 98 valence electrons. The molecule has 1 aromatic carbocycles. The number of benzene rings is 1. The molecule has 3 aromatic rings. The van der Waals surface area contributed by atoms with Gasteiger partial charge in [-0.3, -0.25) is 4.90 Å². The Hall–Kier alpha value is -2.14. The van der Waals surface area contributed by atoms with Gasteiger partial charge in [-0.1, -0.05) is 12.1 Å². The van der Waals surface area contributed by atoms with E-state index in [-0.39, 0.29) is 0 Å². The number of fused-ring (bicyclic) bond motifs is 1. The summed E-state index contributed by atoms with van der Waals surface area (Å²) in [5, 5.41) is 9.30. The smallest absolute Gasteiger partial charge is 0.146 e. The fraction of sp³-hybridized carbons (Fsp3) is 0.286. The van der Waals surface area contributed by atoms with E-state index >= 15 is 0 Å². The van der Waals surface area contributed by atoms with Gasteiger partial charge in [0.1, 0.15) is 12.2 Å². The molecule has 5 nitrogen and oxygen atoms in total. The van der Waals surface area contributed by atoms with Gasteiger partial charge < -0.3 is 9.55 Å². The lowest BCUT2D eigenvalue weighted by atomic mass is 10.1. The first-order valence-corrected chi connectivity index (χ1v) is 6.30. The third-order valence-electron chi connectivity index (χ3n) is 3.34. The van der Waals surface area contributed by atoms with Crippen molar-refractivity contribution in [1.29, 1.82) is 0 Å². The zero-order valence-corrected chi connectivity index (χ0v) is 11.2. The van der Waals surface area contributed by atoms with Gasteiger partial charge in [-0.2, -0.15) is 0 Å². The molecule has 0 radical (unpaired) electrons. The second-order valence-corrected chi connectivity index (χ2v) is 4.89. The molecule has 0 fully saturated rings. The Morgan fingerprint density at radius 2 is 2.16 bits per heavy atom. The summed E-state index contributed by atoms with van der Waals surface area (Å²) in [6.07, 6.45) is 3.72. The summed E-state index contributed by atoms with van der Waals surface area (Å²) in [5.41, 5.74) is 2.51. The van der Waals surface area contributed by atoms with E-state index in [0.29, 0.717) is 0 Å². The topological polar surface area (TPSA) is 49.7 Å². The molecule has 0 aliphatic carbocycles. The lowest BCUT2D eigenvalue weighted by molar-refractivity contribution is 0.307. The Morgan fingerprint density at radius 3 is 2.95 bits per heavy atom. The second kappa shape index (κ2) is 4.85. The summed E-state index contributed by atoms with van der Waals surface area (Å²) in [5.74, 6) is 0.976. The molecular formula is C14H17N5. The van der Waals surface area contributed by atoms with Crippen LogP contribution in [-0.4, -0.2) is 31.7 Å². The number of H-pyrrole nitrogens is 1. The molecular weight excluding hydrogens is 238 g/mol. The standard InChI is InChI=1S/C14H17N5/c1-18(9-14-17-16-10-19(14)2)8-11-4-3-5-13-12(11)6-7-15-13/h3-7,10,15H,8-9H2,1-2H3. The Labute approximate surface area is 111 Å². The van der Waals surface area contributed by atoms with Gasteiger partial charge in [-0.25, -0.2) is 0 Å². The number of rotatable bonds is 4. The summed E-state index contributed by atoms with van der Waals surface area (Å²) in [4.78, 5) is 5.48. The lowest BCUT2D eigenvalue weighted by Gasteiger charge is -2.16. The molecule has 1 N–H and O–H groups in total. The Morgan fingerprint density at radius 1 is 1.26 bits per heavy atom. The third-order valence-corrected chi connectivity index (χ3v) is 3.34. The second-order valence-electron chi connectivity index (χ2n) is 4.89. The normalized spacial score (nSPS) is 11.5. The van der Waals surface area contributed by atoms with Crippen molar-refractivity contribution in [3.63, 3.8) is 0 Å². The van der Waals surface area contributed by atoms with Gasteiger partial charge in [-0.05, 0) is 24.7 Å². The molecule has 3 rings (SSSR count). The fourth-order valence-electron chi connectivity index (χ4n) is 2.33. The van der Waals surface area contributed by atoms with Crippen molar-refractivity contribution in [2.45, 2.75) is 13.1 Å². The Bertz CT molecular complexity index is 682. The van der Waals surface area contributed by atoms with Crippen molar-refractivity contribution < 1.29 is 0 Å². The highest BCUT2D eigenvalue weighted by Crippen LogP contribution is 2.19. The van der Waals surface area contributed by atoms with Crippen LogP contribution < -0.4 is 0 Å². The van der Waals surface area contributed by atoms with E-state index in [9.17, 15) is 0 Å². The Balaban J connectivity index is 1.77. The number of hydrogen-bond acceptors (Lipinski definition) is 3. The first kappa shape index (κ1) is 11.9. The molecule has 0 aliphatic rings. The average molecular weight is 255 g/mol. The van der Waals surface area contributed by atoms with Crippen LogP contribution in [0.2, 0.25) is 0 Å². The number of aryl methyl sites for hydroxylation is 1. The SMILES string of the molecule is CN(Cc1cccc2[nH]ccc12)Cc1nncn1C. The van der Waals surface area contributed by atoms with Crippen LogP contribution in [-0.2, 0) is 20.1 Å². The molecule has 0 spiro atoms. The summed E-state index contributed by atoms with van der Waals surface area (Å²) in [7, 11) is 4.07. The molecule has 0 aliphatic heterocycles. The molecule has 0 amide bonds. The van der Waals surface area contributed by atoms with Crippen molar-refractivity contribution in [2.75, 3.05) is 7.05 Å². The maximum Gasteiger partial charge on any atom is 0.146 e. The van der Waals surface area contributed by atoms with Gasteiger partial charge in [-0.15, -0.1) is 10.2 Å². The maximum absolute atomic E-state index is 4.11. The number of aromatic nitrogens is 4. The van der Waals surface area contributed by atoms with Crippen molar-refractivity contribution in [3.05, 3.63) is 48.2 Å². The molecule has 0 saturated carbocycles. The predicted octanol–water partition coefficient (Wildman–Crippen LogP) is 1.93. The molecule has 19 heavy (non-hydrogen) atoms. The van der Waals surface area contributed by atoms with E-state index in [1.165, 1.54) is 16.5 Å². The van der Waals surface area contributed by atoms with Crippen LogP contribution in [0.15, 0.2) is 36.8 Å². The van der Waals surface area contributed by atoms with Crippen LogP contribution >= 0.6 is 0 Å². The van der Waals surface area contributed by atoms with Crippen molar-refractivity contribution in [3.8, 4) is 0 Å². The van der Waals surface area contributed by atoms with Crippen LogP contribution in [0.5, 0.6) is 0 Å². The van der Waals surface area contributed by atoms with E-state index in [0.717, 1.165) is 18.9 Å². The van der Waals surface area contributed by atoms with E-state index in [1.54, 1.807) is 6.33 Å². The minimum Gasteiger partial charge on any atom is -0.361 e. The van der Waals surface area contributed by atoms with E-state index < -0.39 is 0 Å². The van der Waals surface area contributed by atoms with Gasteiger partial charge in [0.05, 0.1) is 6.54 Å². The number of aromatic amines is 1. The van der Waals surface area contributed by atoms with Crippen molar-refractivity contribution in [1.82, 2.24) is 24.6 Å². The van der Waals surface area contributed by atoms with E-state index in [2.05, 4.69) is 51.4 Å². The summed E-state index contributed by atoms with van der Waals surface area (Å²) in [6.45, 7) is 1.68. The lowest BCUT2D eigenvalue weighted by Crippen LogP contribution is -2.19. The van der Waals surface area contributed by atoms with Crippen LogP contribution in [0, 0.1) is 0 Å². The molecule has 2 aromatic heterocycles. The minimum atomic E-state index is 0.789. The van der Waals surface area contributed by atoms with Gasteiger partial charge >= 0.3 is 0 Å². The zero-order valence-electron chi connectivity index (χ0n) is 11.2. The zero-order chi connectivity index (χ0) is 13.2. The van der Waals surface area contributed by atoms with Crippen LogP contribution in [0.4, 0.5) is 0 Å². The first-order chi connectivity index (χ1) is 9.24. The minimum absolute atomic E-state index is 0.789. The highest BCUT2D eigenvalue weighted by atomic mass is 15.3. The van der Waals surface area contributed by atoms with E-state index in [1.807, 2.05) is 17.8 Å². The number of hydrogen-bond donors (Lipinski definition) is 1. The third kappa shape index (κ3) is 2.37. The largest absolute Gasteiger partial charge is 0.361 e. The van der Waals surface area contributed by atoms with Crippen LogP contribution in [0.3, 0.4) is 0 Å². The van der Waals surface area contributed by atoms with Crippen molar-refractivity contribution >= 4 is 10.9 Å². The van der Waals surface area contributed by atoms with Crippen molar-refractivity contribution in [2.24, 2.45) is 7.05 Å². The molecule has 0 unspecified atom stereocenters. The predicted molar refractivity (Wildman–Crippen MR) is 74.5 cm³/mol. The molecule has 5 heteroatoms. The first-order valence-electron chi connectivity index (χ1n) is 6.30. The highest BCUT2D eigenvalue weighted by Gasteiger charge is 2.08. The monoisotopic (exact) mass is 255 g/mol.